The van der Waals surface area contributed by atoms with E-state index in [4.69, 9.17) is 0 Å². The Balaban J connectivity index is 2.26. The number of hydrogen-bond acceptors (Lipinski definition) is 2. The fourth-order valence-corrected chi connectivity index (χ4v) is 2.45. The van der Waals surface area contributed by atoms with Crippen molar-refractivity contribution >= 4 is 21.8 Å². The van der Waals surface area contributed by atoms with Crippen molar-refractivity contribution in [1.29, 1.82) is 0 Å². The van der Waals surface area contributed by atoms with Gasteiger partial charge in [-0.25, -0.2) is 0 Å². The largest absolute Gasteiger partial charge is 0.508 e. The molecule has 0 aromatic heterocycles. The van der Waals surface area contributed by atoms with Crippen molar-refractivity contribution in [2.45, 2.75) is 19.9 Å². The van der Waals surface area contributed by atoms with Crippen LogP contribution in [0.15, 0.2) is 46.9 Å². The molecule has 0 heterocycles. The van der Waals surface area contributed by atoms with E-state index in [1.165, 1.54) is 0 Å². The average Bonchev–Trinajstić information content (AvgIpc) is 2.48. The summed E-state index contributed by atoms with van der Waals surface area (Å²) >= 11 is 3.43. The van der Waals surface area contributed by atoms with Gasteiger partial charge in [0, 0.05) is 22.6 Å². The number of benzene rings is 2. The molecule has 0 aliphatic heterocycles. The van der Waals surface area contributed by atoms with Gasteiger partial charge in [-0.05, 0) is 43.7 Å². The van der Waals surface area contributed by atoms with Gasteiger partial charge in [0.05, 0.1) is 6.04 Å². The Kier molecular flexibility index (Phi) is 4.68. The van der Waals surface area contributed by atoms with Gasteiger partial charge in [0.2, 0.25) is 0 Å². The molecule has 0 bridgehead atoms. The molecule has 21 heavy (non-hydrogen) atoms. The highest BCUT2D eigenvalue weighted by Crippen LogP contribution is 2.28. The van der Waals surface area contributed by atoms with Crippen molar-refractivity contribution in [3.05, 3.63) is 63.6 Å². The van der Waals surface area contributed by atoms with Crippen molar-refractivity contribution in [3.8, 4) is 5.75 Å². The molecular formula is C17H18BrNO2. The second kappa shape index (κ2) is 6.31. The predicted octanol–water partition coefficient (Wildman–Crippen LogP) is 4.30. The highest BCUT2D eigenvalue weighted by atomic mass is 79.9. The quantitative estimate of drug-likeness (QED) is 0.899. The summed E-state index contributed by atoms with van der Waals surface area (Å²) in [5, 5.41) is 9.92. The number of amides is 1. The molecule has 1 unspecified atom stereocenters. The summed E-state index contributed by atoms with van der Waals surface area (Å²) in [5.74, 6) is 0.137. The lowest BCUT2D eigenvalue weighted by molar-refractivity contribution is 0.0741. The van der Waals surface area contributed by atoms with E-state index >= 15 is 0 Å². The smallest absolute Gasteiger partial charge is 0.254 e. The molecule has 0 radical (unpaired) electrons. The van der Waals surface area contributed by atoms with E-state index in [2.05, 4.69) is 15.9 Å². The second-order valence-corrected chi connectivity index (χ2v) is 5.97. The zero-order valence-corrected chi connectivity index (χ0v) is 13.9. The lowest BCUT2D eigenvalue weighted by Crippen LogP contribution is -2.29. The molecule has 1 N–H and O–H groups in total. The second-order valence-electron chi connectivity index (χ2n) is 5.11. The van der Waals surface area contributed by atoms with E-state index in [0.717, 1.165) is 15.6 Å². The summed E-state index contributed by atoms with van der Waals surface area (Å²) in [6.45, 7) is 3.85. The molecular weight excluding hydrogens is 330 g/mol. The standard InChI is InChI=1S/C17H18BrNO2/c1-11-10-13(8-9-15(11)18)17(21)19(3)12(2)14-6-4-5-7-16(14)20/h4-10,12,20H,1-3H3. The van der Waals surface area contributed by atoms with Crippen LogP contribution >= 0.6 is 15.9 Å². The maximum Gasteiger partial charge on any atom is 0.254 e. The lowest BCUT2D eigenvalue weighted by Gasteiger charge is -2.26. The summed E-state index contributed by atoms with van der Waals surface area (Å²) < 4.78 is 0.982. The van der Waals surface area contributed by atoms with Gasteiger partial charge >= 0.3 is 0 Å². The van der Waals surface area contributed by atoms with Crippen LogP contribution in [0.4, 0.5) is 0 Å². The van der Waals surface area contributed by atoms with Gasteiger partial charge in [-0.15, -0.1) is 0 Å². The number of nitrogens with zero attached hydrogens (tertiary/aromatic N) is 1. The monoisotopic (exact) mass is 347 g/mol. The van der Waals surface area contributed by atoms with E-state index in [0.29, 0.717) is 5.56 Å². The number of aromatic hydroxyl groups is 1. The molecule has 0 saturated carbocycles. The minimum absolute atomic E-state index is 0.0682. The number of hydrogen-bond donors (Lipinski definition) is 1. The van der Waals surface area contributed by atoms with Crippen LogP contribution in [0.1, 0.15) is 34.5 Å². The summed E-state index contributed by atoms with van der Waals surface area (Å²) in [7, 11) is 1.75. The first kappa shape index (κ1) is 15.6. The van der Waals surface area contributed by atoms with Gasteiger partial charge in [0.1, 0.15) is 5.75 Å². The molecule has 2 rings (SSSR count). The van der Waals surface area contributed by atoms with Gasteiger partial charge in [-0.1, -0.05) is 34.1 Å². The molecule has 110 valence electrons. The summed E-state index contributed by atoms with van der Waals surface area (Å²) in [6.07, 6.45) is 0. The molecule has 2 aromatic carbocycles. The third-order valence-corrected chi connectivity index (χ3v) is 4.58. The van der Waals surface area contributed by atoms with Gasteiger partial charge in [0.25, 0.3) is 5.91 Å². The minimum atomic E-state index is -0.206. The van der Waals surface area contributed by atoms with Crippen LogP contribution in [0.25, 0.3) is 0 Å². The van der Waals surface area contributed by atoms with E-state index in [1.54, 1.807) is 30.1 Å². The Morgan fingerprint density at radius 1 is 1.24 bits per heavy atom. The van der Waals surface area contributed by atoms with Crippen LogP contribution < -0.4 is 0 Å². The molecule has 0 aliphatic carbocycles. The number of carbonyl (C=O) groups excluding carboxylic acids is 1. The maximum atomic E-state index is 12.6. The van der Waals surface area contributed by atoms with Crippen LogP contribution in [-0.4, -0.2) is 23.0 Å². The number of rotatable bonds is 3. The maximum absolute atomic E-state index is 12.6. The first-order valence-electron chi connectivity index (χ1n) is 6.73. The Morgan fingerprint density at radius 3 is 2.52 bits per heavy atom. The van der Waals surface area contributed by atoms with Crippen LogP contribution in [-0.2, 0) is 0 Å². The number of phenolic OH excluding ortho intramolecular Hbond substituents is 1. The van der Waals surface area contributed by atoms with Crippen molar-refractivity contribution in [2.75, 3.05) is 7.05 Å². The number of halogens is 1. The molecule has 0 spiro atoms. The summed E-state index contributed by atoms with van der Waals surface area (Å²) in [6, 6.07) is 12.4. The first-order chi connectivity index (χ1) is 9.91. The summed E-state index contributed by atoms with van der Waals surface area (Å²) in [5.41, 5.74) is 2.40. The van der Waals surface area contributed by atoms with Crippen molar-refractivity contribution in [2.24, 2.45) is 0 Å². The zero-order chi connectivity index (χ0) is 15.6. The van der Waals surface area contributed by atoms with Crippen molar-refractivity contribution in [3.63, 3.8) is 0 Å². The molecule has 4 heteroatoms. The predicted molar refractivity (Wildman–Crippen MR) is 87.5 cm³/mol. The average molecular weight is 348 g/mol. The Morgan fingerprint density at radius 2 is 1.90 bits per heavy atom. The Labute approximate surface area is 133 Å². The molecule has 1 atom stereocenters. The highest BCUT2D eigenvalue weighted by Gasteiger charge is 2.21. The lowest BCUT2D eigenvalue weighted by atomic mass is 10.0. The van der Waals surface area contributed by atoms with E-state index in [1.807, 2.05) is 38.1 Å². The van der Waals surface area contributed by atoms with Crippen molar-refractivity contribution < 1.29 is 9.90 Å². The highest BCUT2D eigenvalue weighted by molar-refractivity contribution is 9.10. The number of carbonyl (C=O) groups is 1. The molecule has 2 aromatic rings. The Hall–Kier alpha value is -1.81. The number of phenols is 1. The first-order valence-corrected chi connectivity index (χ1v) is 7.52. The molecule has 3 nitrogen and oxygen atoms in total. The van der Waals surface area contributed by atoms with E-state index < -0.39 is 0 Å². The minimum Gasteiger partial charge on any atom is -0.508 e. The van der Waals surface area contributed by atoms with Gasteiger partial charge in [-0.3, -0.25) is 4.79 Å². The van der Waals surface area contributed by atoms with Gasteiger partial charge in [0.15, 0.2) is 0 Å². The summed E-state index contributed by atoms with van der Waals surface area (Å²) in [4.78, 5) is 14.2. The van der Waals surface area contributed by atoms with Crippen LogP contribution in [0.2, 0.25) is 0 Å². The number of aryl methyl sites for hydroxylation is 1. The van der Waals surface area contributed by atoms with Gasteiger partial charge < -0.3 is 10.0 Å². The third kappa shape index (κ3) is 3.27. The molecule has 0 saturated heterocycles. The van der Waals surface area contributed by atoms with E-state index in [-0.39, 0.29) is 17.7 Å². The van der Waals surface area contributed by atoms with Crippen LogP contribution in [0, 0.1) is 6.92 Å². The fourth-order valence-electron chi connectivity index (χ4n) is 2.21. The van der Waals surface area contributed by atoms with Gasteiger partial charge in [-0.2, -0.15) is 0 Å². The number of para-hydroxylation sites is 1. The fraction of sp³-hybridized carbons (Fsp3) is 0.235. The van der Waals surface area contributed by atoms with Crippen molar-refractivity contribution in [1.82, 2.24) is 4.90 Å². The normalized spacial score (nSPS) is 12.0. The SMILES string of the molecule is Cc1cc(C(=O)N(C)C(C)c2ccccc2O)ccc1Br. The third-order valence-electron chi connectivity index (χ3n) is 3.69. The van der Waals surface area contributed by atoms with Crippen LogP contribution in [0.5, 0.6) is 5.75 Å². The van der Waals surface area contributed by atoms with E-state index in [9.17, 15) is 9.90 Å². The molecule has 1 amide bonds. The topological polar surface area (TPSA) is 40.5 Å². The van der Waals surface area contributed by atoms with Crippen LogP contribution in [0.3, 0.4) is 0 Å². The Bertz CT molecular complexity index is 670. The molecule has 0 fully saturated rings. The molecule has 0 aliphatic rings. The zero-order valence-electron chi connectivity index (χ0n) is 12.3.